The molecule has 0 unspecified atom stereocenters. The van der Waals surface area contributed by atoms with Gasteiger partial charge in [0.05, 0.1) is 0 Å². The Labute approximate surface area is 172 Å². The second kappa shape index (κ2) is 6.61. The van der Waals surface area contributed by atoms with Crippen molar-refractivity contribution in [2.24, 2.45) is 0 Å². The van der Waals surface area contributed by atoms with Crippen molar-refractivity contribution in [2.75, 3.05) is 0 Å². The van der Waals surface area contributed by atoms with Gasteiger partial charge in [0.15, 0.2) is 0 Å². The fourth-order valence-corrected chi connectivity index (χ4v) is 4.86. The molecule has 0 aromatic heterocycles. The summed E-state index contributed by atoms with van der Waals surface area (Å²) in [6, 6.07) is 9.91. The molecule has 2 aromatic rings. The Hall–Kier alpha value is -1.82. The predicted molar refractivity (Wildman–Crippen MR) is 123 cm³/mol. The highest BCUT2D eigenvalue weighted by molar-refractivity contribution is 5.78. The van der Waals surface area contributed by atoms with Crippen LogP contribution in [0.3, 0.4) is 0 Å². The van der Waals surface area contributed by atoms with Crippen LogP contribution in [0.15, 0.2) is 29.8 Å². The number of benzene rings is 2. The molecule has 2 aromatic carbocycles. The number of hydrogen-bond acceptors (Lipinski definition) is 0. The van der Waals surface area contributed by atoms with Crippen LogP contribution in [0, 0.1) is 0 Å². The smallest absolute Gasteiger partial charge is 0.00603 e. The largest absolute Gasteiger partial charge is 0.0683 e. The van der Waals surface area contributed by atoms with Crippen molar-refractivity contribution in [1.82, 2.24) is 0 Å². The first-order chi connectivity index (χ1) is 13.0. The van der Waals surface area contributed by atoms with E-state index < -0.39 is 0 Å². The summed E-state index contributed by atoms with van der Waals surface area (Å²) >= 11 is 0. The standard InChI is InChI=1S/C28H36/c1-18-12-19-16-26(24-11-9-8-10-23(24)25(19)13-18)20-14-21(27(2,3)4)17-22(15-20)28(5,6)7/h13-17H,8-12H2,1-7H3. The number of hydrogen-bond donors (Lipinski definition) is 0. The lowest BCUT2D eigenvalue weighted by molar-refractivity contribution is 0.569. The van der Waals surface area contributed by atoms with Crippen LogP contribution < -0.4 is 0 Å². The molecule has 0 spiro atoms. The van der Waals surface area contributed by atoms with Crippen LogP contribution in [0.4, 0.5) is 0 Å². The van der Waals surface area contributed by atoms with Gasteiger partial charge in [-0.1, -0.05) is 71.4 Å². The summed E-state index contributed by atoms with van der Waals surface area (Å²) in [4.78, 5) is 0. The first kappa shape index (κ1) is 19.5. The van der Waals surface area contributed by atoms with E-state index in [-0.39, 0.29) is 10.8 Å². The lowest BCUT2D eigenvalue weighted by Gasteiger charge is -2.28. The average Bonchev–Trinajstić information content (AvgIpc) is 2.99. The summed E-state index contributed by atoms with van der Waals surface area (Å²) in [6.45, 7) is 16.3. The van der Waals surface area contributed by atoms with Gasteiger partial charge in [0.2, 0.25) is 0 Å². The highest BCUT2D eigenvalue weighted by Gasteiger charge is 2.25. The molecule has 0 aliphatic heterocycles. The summed E-state index contributed by atoms with van der Waals surface area (Å²) in [5.41, 5.74) is 14.1. The molecule has 0 saturated heterocycles. The Morgan fingerprint density at radius 2 is 1.29 bits per heavy atom. The van der Waals surface area contributed by atoms with E-state index in [0.29, 0.717) is 0 Å². The lowest BCUT2D eigenvalue weighted by atomic mass is 9.76. The fourth-order valence-electron chi connectivity index (χ4n) is 4.86. The van der Waals surface area contributed by atoms with Crippen molar-refractivity contribution >= 4 is 6.08 Å². The normalized spacial score (nSPS) is 16.6. The molecule has 2 aliphatic carbocycles. The van der Waals surface area contributed by atoms with Gasteiger partial charge < -0.3 is 0 Å². The third kappa shape index (κ3) is 3.47. The Bertz CT molecular complexity index is 923. The maximum absolute atomic E-state index is 2.53. The van der Waals surface area contributed by atoms with Crippen LogP contribution in [-0.2, 0) is 30.1 Å². The highest BCUT2D eigenvalue weighted by Crippen LogP contribution is 2.42. The molecule has 0 heteroatoms. The molecule has 28 heavy (non-hydrogen) atoms. The minimum atomic E-state index is 0.158. The Morgan fingerprint density at radius 3 is 1.86 bits per heavy atom. The van der Waals surface area contributed by atoms with E-state index in [4.69, 9.17) is 0 Å². The third-order valence-electron chi connectivity index (χ3n) is 6.62. The highest BCUT2D eigenvalue weighted by atomic mass is 14.3. The molecule has 0 amide bonds. The zero-order valence-corrected chi connectivity index (χ0v) is 18.9. The average molecular weight is 373 g/mol. The van der Waals surface area contributed by atoms with Gasteiger partial charge in [0.1, 0.15) is 0 Å². The van der Waals surface area contributed by atoms with Gasteiger partial charge in [-0.2, -0.15) is 0 Å². The Kier molecular flexibility index (Phi) is 4.60. The fraction of sp³-hybridized carbons (Fsp3) is 0.500. The molecule has 4 rings (SSSR count). The predicted octanol–water partition coefficient (Wildman–Crippen LogP) is 7.79. The molecule has 0 fully saturated rings. The van der Waals surface area contributed by atoms with E-state index in [1.807, 2.05) is 0 Å². The van der Waals surface area contributed by atoms with E-state index in [2.05, 4.69) is 78.8 Å². The van der Waals surface area contributed by atoms with E-state index in [1.165, 1.54) is 53.5 Å². The summed E-state index contributed by atoms with van der Waals surface area (Å²) in [5.74, 6) is 0. The van der Waals surface area contributed by atoms with Crippen LogP contribution >= 0.6 is 0 Å². The van der Waals surface area contributed by atoms with Gasteiger partial charge in [-0.05, 0) is 100 Å². The van der Waals surface area contributed by atoms with Gasteiger partial charge >= 0.3 is 0 Å². The Balaban J connectivity index is 1.97. The van der Waals surface area contributed by atoms with Crippen molar-refractivity contribution in [2.45, 2.75) is 91.4 Å². The third-order valence-corrected chi connectivity index (χ3v) is 6.62. The molecule has 148 valence electrons. The summed E-state index contributed by atoms with van der Waals surface area (Å²) in [6.07, 6.45) is 8.73. The van der Waals surface area contributed by atoms with Gasteiger partial charge in [-0.25, -0.2) is 0 Å². The molecular weight excluding hydrogens is 336 g/mol. The van der Waals surface area contributed by atoms with Gasteiger partial charge in [-0.3, -0.25) is 0 Å². The van der Waals surface area contributed by atoms with Gasteiger partial charge in [-0.15, -0.1) is 0 Å². The first-order valence-electron chi connectivity index (χ1n) is 11.1. The van der Waals surface area contributed by atoms with Crippen LogP contribution in [-0.4, -0.2) is 0 Å². The maximum Gasteiger partial charge on any atom is -0.00603 e. The molecule has 0 bridgehead atoms. The van der Waals surface area contributed by atoms with Crippen molar-refractivity contribution in [3.05, 3.63) is 63.2 Å². The van der Waals surface area contributed by atoms with Crippen LogP contribution in [0.5, 0.6) is 0 Å². The monoisotopic (exact) mass is 372 g/mol. The molecular formula is C28H36. The lowest BCUT2D eigenvalue weighted by Crippen LogP contribution is -2.17. The van der Waals surface area contributed by atoms with Crippen molar-refractivity contribution < 1.29 is 0 Å². The minimum Gasteiger partial charge on any atom is -0.0683 e. The number of allylic oxidation sites excluding steroid dienone is 1. The molecule has 2 aliphatic rings. The second-order valence-corrected chi connectivity index (χ2v) is 11.1. The molecule has 0 nitrogen and oxygen atoms in total. The molecule has 0 heterocycles. The summed E-state index contributed by atoms with van der Waals surface area (Å²) in [7, 11) is 0. The zero-order valence-electron chi connectivity index (χ0n) is 18.9. The minimum absolute atomic E-state index is 0.158. The SMILES string of the molecule is CC1=Cc2c(cc(-c3cc(C(C)(C)C)cc(C(C)(C)C)c3)c3c2CCCC3)C1. The quantitative estimate of drug-likeness (QED) is 0.479. The van der Waals surface area contributed by atoms with Crippen molar-refractivity contribution in [3.8, 4) is 11.1 Å². The topological polar surface area (TPSA) is 0 Å². The molecule has 0 atom stereocenters. The van der Waals surface area contributed by atoms with Crippen molar-refractivity contribution in [1.29, 1.82) is 0 Å². The van der Waals surface area contributed by atoms with E-state index >= 15 is 0 Å². The zero-order chi connectivity index (χ0) is 20.3. The first-order valence-corrected chi connectivity index (χ1v) is 11.1. The maximum atomic E-state index is 2.53. The number of fused-ring (bicyclic) bond motifs is 3. The van der Waals surface area contributed by atoms with E-state index in [0.717, 1.165) is 6.42 Å². The van der Waals surface area contributed by atoms with E-state index in [1.54, 1.807) is 22.3 Å². The van der Waals surface area contributed by atoms with Gasteiger partial charge in [0.25, 0.3) is 0 Å². The van der Waals surface area contributed by atoms with Crippen LogP contribution in [0.1, 0.15) is 94.7 Å². The van der Waals surface area contributed by atoms with Crippen LogP contribution in [0.25, 0.3) is 17.2 Å². The molecule has 0 saturated carbocycles. The summed E-state index contributed by atoms with van der Waals surface area (Å²) < 4.78 is 0. The number of rotatable bonds is 1. The van der Waals surface area contributed by atoms with Crippen molar-refractivity contribution in [3.63, 3.8) is 0 Å². The van der Waals surface area contributed by atoms with Crippen LogP contribution in [0.2, 0.25) is 0 Å². The summed E-state index contributed by atoms with van der Waals surface area (Å²) in [5, 5.41) is 0. The molecule has 0 radical (unpaired) electrons. The Morgan fingerprint density at radius 1 is 0.714 bits per heavy atom. The van der Waals surface area contributed by atoms with E-state index in [9.17, 15) is 0 Å². The van der Waals surface area contributed by atoms with Gasteiger partial charge in [0, 0.05) is 0 Å². The molecule has 0 N–H and O–H groups in total. The second-order valence-electron chi connectivity index (χ2n) is 11.1.